The first kappa shape index (κ1) is 22.1. The van der Waals surface area contributed by atoms with Gasteiger partial charge >= 0.3 is 5.97 Å². The van der Waals surface area contributed by atoms with Crippen LogP contribution in [0.4, 0.5) is 0 Å². The first-order chi connectivity index (χ1) is 14.2. The molecule has 0 amide bonds. The molecule has 6 heteroatoms. The fourth-order valence-corrected chi connectivity index (χ4v) is 7.95. The number of fused-ring (bicyclic) bond motifs is 5. The van der Waals surface area contributed by atoms with Crippen molar-refractivity contribution >= 4 is 29.3 Å². The maximum atomic E-state index is 13.0. The van der Waals surface area contributed by atoms with Gasteiger partial charge in [-0.3, -0.25) is 14.4 Å². The number of carbonyl (C=O) groups is 3. The summed E-state index contributed by atoms with van der Waals surface area (Å²) in [6.07, 6.45) is 8.95. The number of hydrogen-bond acceptors (Lipinski definition) is 6. The van der Waals surface area contributed by atoms with Gasteiger partial charge in [0.25, 0.3) is 0 Å². The molecule has 4 aliphatic carbocycles. The number of aliphatic hydroxyl groups is 1. The van der Waals surface area contributed by atoms with E-state index in [-0.39, 0.29) is 52.6 Å². The molecule has 4 aliphatic rings. The summed E-state index contributed by atoms with van der Waals surface area (Å²) >= 11 is 1.39. The van der Waals surface area contributed by atoms with Crippen molar-refractivity contribution in [3.8, 4) is 0 Å². The summed E-state index contributed by atoms with van der Waals surface area (Å²) in [5, 5.41) is 11.4. The molecule has 3 fully saturated rings. The summed E-state index contributed by atoms with van der Waals surface area (Å²) in [5.41, 5.74) is 0.882. The van der Waals surface area contributed by atoms with Crippen molar-refractivity contribution in [2.24, 2.45) is 34.5 Å². The van der Waals surface area contributed by atoms with Crippen molar-refractivity contribution in [3.05, 3.63) is 11.6 Å². The Morgan fingerprint density at radius 2 is 2.00 bits per heavy atom. The van der Waals surface area contributed by atoms with Crippen LogP contribution in [-0.4, -0.2) is 47.4 Å². The molecule has 0 aromatic carbocycles. The number of hydrogen-bond donors (Lipinski definition) is 1. The molecule has 166 valence electrons. The Balaban J connectivity index is 1.54. The highest BCUT2D eigenvalue weighted by Crippen LogP contribution is 2.66. The van der Waals surface area contributed by atoms with Crippen LogP contribution >= 0.6 is 11.8 Å². The lowest BCUT2D eigenvalue weighted by Gasteiger charge is -2.59. The van der Waals surface area contributed by atoms with Crippen LogP contribution in [0.1, 0.15) is 58.8 Å². The molecule has 0 aromatic heterocycles. The summed E-state index contributed by atoms with van der Waals surface area (Å²) in [6.45, 7) is 4.27. The Morgan fingerprint density at radius 3 is 2.73 bits per heavy atom. The summed E-state index contributed by atoms with van der Waals surface area (Å²) in [7, 11) is 0. The Hall–Kier alpha value is -1.14. The number of rotatable bonds is 5. The number of esters is 1. The van der Waals surface area contributed by atoms with E-state index in [1.54, 1.807) is 0 Å². The quantitative estimate of drug-likeness (QED) is 0.666. The average molecular weight is 435 g/mol. The maximum Gasteiger partial charge on any atom is 0.316 e. The van der Waals surface area contributed by atoms with Gasteiger partial charge in [0.2, 0.25) is 0 Å². The lowest BCUT2D eigenvalue weighted by molar-refractivity contribution is -0.153. The summed E-state index contributed by atoms with van der Waals surface area (Å²) in [5.74, 6) is 0.936. The van der Waals surface area contributed by atoms with Crippen LogP contribution in [0.5, 0.6) is 0 Å². The monoisotopic (exact) mass is 434 g/mol. The number of allylic oxidation sites excluding steroid dienone is 1. The Kier molecular flexibility index (Phi) is 5.95. The van der Waals surface area contributed by atoms with E-state index in [2.05, 4.69) is 13.8 Å². The van der Waals surface area contributed by atoms with Gasteiger partial charge in [-0.25, -0.2) is 0 Å². The number of Topliss-reactive ketones (excluding diaryl/α,β-unsaturated/α-hetero) is 1. The number of ether oxygens (including phenoxy) is 1. The molecule has 5 nitrogen and oxygen atoms in total. The van der Waals surface area contributed by atoms with Crippen molar-refractivity contribution < 1.29 is 24.2 Å². The van der Waals surface area contributed by atoms with Crippen molar-refractivity contribution in [2.75, 3.05) is 18.6 Å². The van der Waals surface area contributed by atoms with Crippen LogP contribution in [0.2, 0.25) is 0 Å². The smallest absolute Gasteiger partial charge is 0.316 e. The first-order valence-corrected chi connectivity index (χ1v) is 12.7. The van der Waals surface area contributed by atoms with Crippen molar-refractivity contribution in [1.29, 1.82) is 0 Å². The molecular weight excluding hydrogens is 400 g/mol. The molecule has 7 unspecified atom stereocenters. The zero-order valence-electron chi connectivity index (χ0n) is 18.3. The fraction of sp³-hybridized carbons (Fsp3) is 0.792. The minimum atomic E-state index is -0.467. The van der Waals surface area contributed by atoms with E-state index in [9.17, 15) is 19.5 Å². The lowest BCUT2D eigenvalue weighted by atomic mass is 9.46. The van der Waals surface area contributed by atoms with Gasteiger partial charge < -0.3 is 9.84 Å². The highest BCUT2D eigenvalue weighted by molar-refractivity contribution is 7.99. The number of carbonyl (C=O) groups excluding carboxylic acids is 3. The van der Waals surface area contributed by atoms with Crippen LogP contribution in [0.3, 0.4) is 0 Å². The van der Waals surface area contributed by atoms with Crippen molar-refractivity contribution in [2.45, 2.75) is 64.9 Å². The van der Waals surface area contributed by atoms with E-state index >= 15 is 0 Å². The Labute approximate surface area is 183 Å². The highest BCUT2D eigenvalue weighted by Gasteiger charge is 2.62. The Morgan fingerprint density at radius 1 is 1.23 bits per heavy atom. The third-order valence-corrected chi connectivity index (χ3v) is 9.44. The van der Waals surface area contributed by atoms with Gasteiger partial charge in [-0.2, -0.15) is 11.8 Å². The molecule has 1 N–H and O–H groups in total. The topological polar surface area (TPSA) is 80.7 Å². The molecule has 3 saturated carbocycles. The van der Waals surface area contributed by atoms with Crippen LogP contribution in [0, 0.1) is 34.5 Å². The predicted octanol–water partition coefficient (Wildman–Crippen LogP) is 3.58. The number of ketones is 2. The first-order valence-electron chi connectivity index (χ1n) is 11.3. The molecule has 0 heterocycles. The van der Waals surface area contributed by atoms with E-state index in [0.29, 0.717) is 24.7 Å². The fourth-order valence-electron chi connectivity index (χ4n) is 7.63. The van der Waals surface area contributed by atoms with Gasteiger partial charge in [0, 0.05) is 12.3 Å². The summed E-state index contributed by atoms with van der Waals surface area (Å²) < 4.78 is 5.20. The molecule has 0 saturated heterocycles. The molecule has 4 rings (SSSR count). The third-order valence-electron chi connectivity index (χ3n) is 8.92. The second-order valence-electron chi connectivity index (χ2n) is 10.4. The standard InChI is InChI=1S/C24H34O5S/c1-23-9-8-15(25)10-14(23)4-5-16-17-6-7-18(20(27)12-29-21(28)13-30-3)24(17,2)11-19(26)22(16)23/h10,16-19,22,26H,4-9,11-13H2,1-3H3. The van der Waals surface area contributed by atoms with Crippen LogP contribution in [-0.2, 0) is 19.1 Å². The van der Waals surface area contributed by atoms with E-state index in [1.807, 2.05) is 12.3 Å². The third kappa shape index (κ3) is 3.48. The molecule has 0 aliphatic heterocycles. The summed E-state index contributed by atoms with van der Waals surface area (Å²) in [6, 6.07) is 0. The van der Waals surface area contributed by atoms with Crippen molar-refractivity contribution in [1.82, 2.24) is 0 Å². The summed E-state index contributed by atoms with van der Waals surface area (Å²) in [4.78, 5) is 36.7. The minimum absolute atomic E-state index is 0.00553. The predicted molar refractivity (Wildman–Crippen MR) is 116 cm³/mol. The van der Waals surface area contributed by atoms with Crippen LogP contribution < -0.4 is 0 Å². The molecule has 0 spiro atoms. The SMILES string of the molecule is CSCC(=O)OCC(=O)C1CCC2C3CCC4=CC(=O)CCC4(C)C3C(O)CC12C. The molecular formula is C24H34O5S. The normalized spacial score (nSPS) is 42.6. The highest BCUT2D eigenvalue weighted by atomic mass is 32.2. The van der Waals surface area contributed by atoms with Gasteiger partial charge in [-0.1, -0.05) is 19.4 Å². The van der Waals surface area contributed by atoms with E-state index in [1.165, 1.54) is 17.3 Å². The molecule has 0 radical (unpaired) electrons. The van der Waals surface area contributed by atoms with E-state index < -0.39 is 6.10 Å². The zero-order valence-corrected chi connectivity index (χ0v) is 19.1. The largest absolute Gasteiger partial charge is 0.457 e. The van der Waals surface area contributed by atoms with Crippen LogP contribution in [0.15, 0.2) is 11.6 Å². The van der Waals surface area contributed by atoms with Gasteiger partial charge in [0.05, 0.1) is 11.9 Å². The van der Waals surface area contributed by atoms with Crippen molar-refractivity contribution in [3.63, 3.8) is 0 Å². The lowest BCUT2D eigenvalue weighted by Crippen LogP contribution is -2.57. The molecule has 30 heavy (non-hydrogen) atoms. The molecule has 7 atom stereocenters. The Bertz CT molecular complexity index is 776. The zero-order chi connectivity index (χ0) is 21.7. The maximum absolute atomic E-state index is 13.0. The average Bonchev–Trinajstić information content (AvgIpc) is 3.03. The van der Waals surface area contributed by atoms with Crippen LogP contribution in [0.25, 0.3) is 0 Å². The number of thioether (sulfide) groups is 1. The van der Waals surface area contributed by atoms with Gasteiger partial charge in [-0.05, 0) is 79.4 Å². The second kappa shape index (κ2) is 8.09. The molecule has 0 bridgehead atoms. The molecule has 0 aromatic rings. The van der Waals surface area contributed by atoms with E-state index in [0.717, 1.165) is 32.1 Å². The minimum Gasteiger partial charge on any atom is -0.457 e. The van der Waals surface area contributed by atoms with Gasteiger partial charge in [0.1, 0.15) is 6.61 Å². The van der Waals surface area contributed by atoms with Gasteiger partial charge in [0.15, 0.2) is 11.6 Å². The number of aliphatic hydroxyl groups excluding tert-OH is 1. The van der Waals surface area contributed by atoms with E-state index in [4.69, 9.17) is 4.74 Å². The van der Waals surface area contributed by atoms with Gasteiger partial charge in [-0.15, -0.1) is 0 Å². The second-order valence-corrected chi connectivity index (χ2v) is 11.2.